The van der Waals surface area contributed by atoms with Crippen LogP contribution in [0.25, 0.3) is 0 Å². The second-order valence-electron chi connectivity index (χ2n) is 3.32. The zero-order chi connectivity index (χ0) is 10.2. The van der Waals surface area contributed by atoms with Gasteiger partial charge in [-0.15, -0.1) is 0 Å². The van der Waals surface area contributed by atoms with Crippen LogP contribution in [0.2, 0.25) is 0 Å². The first kappa shape index (κ1) is 10.1. The lowest BCUT2D eigenvalue weighted by Gasteiger charge is -2.10. The molecule has 1 aromatic heterocycles. The van der Waals surface area contributed by atoms with Crippen molar-refractivity contribution < 1.29 is 18.3 Å². The molecule has 1 rings (SSSR count). The number of oxazole rings is 1. The third kappa shape index (κ3) is 2.03. The molecule has 0 amide bonds. The molecule has 0 aliphatic carbocycles. The first-order valence-electron chi connectivity index (χ1n) is 3.80. The van der Waals surface area contributed by atoms with E-state index in [2.05, 4.69) is 4.98 Å². The molecule has 13 heavy (non-hydrogen) atoms. The Morgan fingerprint density at radius 3 is 2.23 bits per heavy atom. The van der Waals surface area contributed by atoms with Gasteiger partial charge in [0.05, 0.1) is 0 Å². The fourth-order valence-electron chi connectivity index (χ4n) is 0.872. The lowest BCUT2D eigenvalue weighted by Crippen LogP contribution is -2.15. The fraction of sp³-hybridized carbons (Fsp3) is 0.625. The highest BCUT2D eigenvalue weighted by Gasteiger charge is 2.27. The zero-order valence-corrected chi connectivity index (χ0v) is 7.64. The Hall–Kier alpha value is -0.970. The molecule has 0 atom stereocenters. The van der Waals surface area contributed by atoms with E-state index in [1.54, 1.807) is 0 Å². The molecule has 0 radical (unpaired) electrons. The summed E-state index contributed by atoms with van der Waals surface area (Å²) in [6.45, 7) is 4.24. The molecule has 0 saturated carbocycles. The van der Waals surface area contributed by atoms with Crippen molar-refractivity contribution in [1.29, 1.82) is 0 Å². The minimum absolute atomic E-state index is 0.0483. The maximum absolute atomic E-state index is 12.2. The Balaban J connectivity index is 3.10. The van der Waals surface area contributed by atoms with Gasteiger partial charge in [0.15, 0.2) is 0 Å². The Labute approximate surface area is 74.4 Å². The molecule has 0 saturated heterocycles. The Morgan fingerprint density at radius 1 is 1.46 bits per heavy atom. The molecule has 0 fully saturated rings. The second kappa shape index (κ2) is 3.06. The number of aliphatic hydroxyl groups is 1. The van der Waals surface area contributed by atoms with E-state index in [9.17, 15) is 13.9 Å². The van der Waals surface area contributed by atoms with Gasteiger partial charge in [0.25, 0.3) is 6.43 Å². The second-order valence-corrected chi connectivity index (χ2v) is 3.32. The number of aryl methyl sites for hydroxylation is 1. The van der Waals surface area contributed by atoms with E-state index in [1.165, 1.54) is 20.8 Å². The first-order chi connectivity index (χ1) is 5.82. The molecule has 5 heteroatoms. The Kier molecular flexibility index (Phi) is 2.38. The third-order valence-electron chi connectivity index (χ3n) is 1.56. The Morgan fingerprint density at radius 2 is 2.00 bits per heavy atom. The molecule has 0 aliphatic rings. The predicted molar refractivity (Wildman–Crippen MR) is 41.4 cm³/mol. The van der Waals surface area contributed by atoms with Gasteiger partial charge in [-0.05, 0) is 20.8 Å². The maximum Gasteiger partial charge on any atom is 0.283 e. The van der Waals surface area contributed by atoms with Crippen molar-refractivity contribution in [3.05, 3.63) is 17.3 Å². The molecule has 0 aromatic carbocycles. The van der Waals surface area contributed by atoms with E-state index < -0.39 is 17.7 Å². The quantitative estimate of drug-likeness (QED) is 0.779. The minimum atomic E-state index is -2.67. The zero-order valence-electron chi connectivity index (χ0n) is 7.64. The number of aromatic nitrogens is 1. The summed E-state index contributed by atoms with van der Waals surface area (Å²) in [7, 11) is 0. The highest BCUT2D eigenvalue weighted by Crippen LogP contribution is 2.27. The summed E-state index contributed by atoms with van der Waals surface area (Å²) >= 11 is 0. The number of nitrogens with zero attached hydrogens (tertiary/aromatic N) is 1. The van der Waals surface area contributed by atoms with Crippen LogP contribution in [-0.4, -0.2) is 10.1 Å². The summed E-state index contributed by atoms with van der Waals surface area (Å²) in [6, 6.07) is 0. The molecular formula is C8H11F2NO2. The topological polar surface area (TPSA) is 46.3 Å². The van der Waals surface area contributed by atoms with Crippen LogP contribution < -0.4 is 0 Å². The van der Waals surface area contributed by atoms with E-state index in [0.717, 1.165) is 0 Å². The van der Waals surface area contributed by atoms with Crippen LogP contribution in [0.1, 0.15) is 37.6 Å². The normalized spacial score (nSPS) is 12.5. The van der Waals surface area contributed by atoms with Gasteiger partial charge in [-0.3, -0.25) is 0 Å². The van der Waals surface area contributed by atoms with Gasteiger partial charge in [0.1, 0.15) is 17.1 Å². The van der Waals surface area contributed by atoms with Gasteiger partial charge < -0.3 is 9.52 Å². The van der Waals surface area contributed by atoms with E-state index in [-0.39, 0.29) is 11.7 Å². The molecule has 1 N–H and O–H groups in total. The molecule has 1 aromatic rings. The van der Waals surface area contributed by atoms with Crippen LogP contribution in [0.4, 0.5) is 8.78 Å². The number of alkyl halides is 2. The molecule has 0 bridgehead atoms. The van der Waals surface area contributed by atoms with Crippen molar-refractivity contribution in [1.82, 2.24) is 4.98 Å². The van der Waals surface area contributed by atoms with Crippen LogP contribution in [-0.2, 0) is 5.60 Å². The largest absolute Gasteiger partial charge is 0.442 e. The average molecular weight is 191 g/mol. The predicted octanol–water partition coefficient (Wildman–Crippen LogP) is 2.15. The molecule has 0 aliphatic heterocycles. The summed E-state index contributed by atoms with van der Waals surface area (Å²) in [4.78, 5) is 3.51. The monoisotopic (exact) mass is 191 g/mol. The van der Waals surface area contributed by atoms with Crippen LogP contribution in [0.5, 0.6) is 0 Å². The van der Waals surface area contributed by atoms with Crippen molar-refractivity contribution in [2.75, 3.05) is 0 Å². The van der Waals surface area contributed by atoms with Crippen molar-refractivity contribution in [3.63, 3.8) is 0 Å². The Bertz CT molecular complexity index is 302. The molecule has 0 spiro atoms. The first-order valence-corrected chi connectivity index (χ1v) is 3.80. The summed E-state index contributed by atoms with van der Waals surface area (Å²) in [5, 5.41) is 9.41. The average Bonchev–Trinajstić information content (AvgIpc) is 2.29. The van der Waals surface area contributed by atoms with Crippen LogP contribution in [0.15, 0.2) is 4.42 Å². The van der Waals surface area contributed by atoms with Gasteiger partial charge in [-0.2, -0.15) is 0 Å². The SMILES string of the molecule is Cc1oc(C(C)(C)O)nc1C(F)F. The van der Waals surface area contributed by atoms with Gasteiger partial charge in [0.2, 0.25) is 5.89 Å². The standard InChI is InChI=1S/C8H11F2NO2/c1-4-5(6(9)10)11-7(13-4)8(2,3)12/h6,12H,1-3H3. The third-order valence-corrected chi connectivity index (χ3v) is 1.56. The van der Waals surface area contributed by atoms with Crippen molar-refractivity contribution in [2.45, 2.75) is 32.8 Å². The smallest absolute Gasteiger partial charge is 0.283 e. The van der Waals surface area contributed by atoms with E-state index in [4.69, 9.17) is 4.42 Å². The molecule has 1 heterocycles. The van der Waals surface area contributed by atoms with Crippen LogP contribution in [0, 0.1) is 6.92 Å². The van der Waals surface area contributed by atoms with Crippen molar-refractivity contribution in [3.8, 4) is 0 Å². The molecule has 0 unspecified atom stereocenters. The number of rotatable bonds is 2. The van der Waals surface area contributed by atoms with Crippen LogP contribution in [0.3, 0.4) is 0 Å². The minimum Gasteiger partial charge on any atom is -0.442 e. The van der Waals surface area contributed by atoms with Crippen molar-refractivity contribution >= 4 is 0 Å². The van der Waals surface area contributed by atoms with E-state index in [1.807, 2.05) is 0 Å². The van der Waals surface area contributed by atoms with Gasteiger partial charge in [-0.1, -0.05) is 0 Å². The summed E-state index contributed by atoms with van der Waals surface area (Å²) in [6.07, 6.45) is -2.67. The highest BCUT2D eigenvalue weighted by atomic mass is 19.3. The number of halogens is 2. The van der Waals surface area contributed by atoms with Gasteiger partial charge in [-0.25, -0.2) is 13.8 Å². The number of hydrogen-bond donors (Lipinski definition) is 1. The van der Waals surface area contributed by atoms with Crippen LogP contribution >= 0.6 is 0 Å². The lowest BCUT2D eigenvalue weighted by molar-refractivity contribution is 0.0473. The summed E-state index contributed by atoms with van der Waals surface area (Å²) in [5.74, 6) is -0.0348. The summed E-state index contributed by atoms with van der Waals surface area (Å²) < 4.78 is 29.3. The highest BCUT2D eigenvalue weighted by molar-refractivity contribution is 5.11. The summed E-state index contributed by atoms with van der Waals surface area (Å²) in [5.41, 5.74) is -1.73. The molecule has 3 nitrogen and oxygen atoms in total. The van der Waals surface area contributed by atoms with E-state index >= 15 is 0 Å². The number of hydrogen-bond acceptors (Lipinski definition) is 3. The molecular weight excluding hydrogens is 180 g/mol. The van der Waals surface area contributed by atoms with Gasteiger partial charge in [0, 0.05) is 0 Å². The fourth-order valence-corrected chi connectivity index (χ4v) is 0.872. The lowest BCUT2D eigenvalue weighted by atomic mass is 10.1. The molecule has 74 valence electrons. The maximum atomic E-state index is 12.2. The van der Waals surface area contributed by atoms with Crippen molar-refractivity contribution in [2.24, 2.45) is 0 Å². The van der Waals surface area contributed by atoms with Gasteiger partial charge >= 0.3 is 0 Å². The van der Waals surface area contributed by atoms with E-state index in [0.29, 0.717) is 0 Å².